The second kappa shape index (κ2) is 8.75. The van der Waals surface area contributed by atoms with Gasteiger partial charge in [-0.15, -0.1) is 0 Å². The maximum Gasteiger partial charge on any atom is 0.243 e. The highest BCUT2D eigenvalue weighted by Crippen LogP contribution is 2.27. The zero-order valence-corrected chi connectivity index (χ0v) is 18.1. The molecule has 3 aromatic rings. The number of sulfonamides is 1. The maximum atomic E-state index is 12.8. The second-order valence-corrected chi connectivity index (χ2v) is 9.49. The fourth-order valence-corrected chi connectivity index (χ4v) is 5.27. The number of ether oxygens (including phenoxy) is 1. The number of methoxy groups -OCH3 is 1. The van der Waals surface area contributed by atoms with E-state index in [4.69, 9.17) is 20.9 Å². The maximum absolute atomic E-state index is 12.8. The molecule has 2 aromatic carbocycles. The number of hydrogen-bond acceptors (Lipinski definition) is 6. The summed E-state index contributed by atoms with van der Waals surface area (Å²) in [7, 11) is -1.90. The Hall–Kier alpha value is -2.42. The Morgan fingerprint density at radius 1 is 1.10 bits per heavy atom. The third-order valence-corrected chi connectivity index (χ3v) is 7.31. The number of halogens is 1. The topological polar surface area (TPSA) is 85.5 Å². The summed E-state index contributed by atoms with van der Waals surface area (Å²) >= 11 is 6.16. The molecule has 4 rings (SSSR count). The third-order valence-electron chi connectivity index (χ3n) is 5.10. The lowest BCUT2D eigenvalue weighted by molar-refractivity contribution is 0.346. The van der Waals surface area contributed by atoms with Gasteiger partial charge in [0.1, 0.15) is 5.75 Å². The van der Waals surface area contributed by atoms with Gasteiger partial charge >= 0.3 is 0 Å². The van der Waals surface area contributed by atoms with Gasteiger partial charge in [0.25, 0.3) is 0 Å². The van der Waals surface area contributed by atoms with E-state index >= 15 is 0 Å². The van der Waals surface area contributed by atoms with E-state index in [1.54, 1.807) is 47.8 Å². The van der Waals surface area contributed by atoms with Gasteiger partial charge in [-0.05, 0) is 54.8 Å². The summed E-state index contributed by atoms with van der Waals surface area (Å²) in [5.41, 5.74) is 1.61. The molecular formula is C21H22ClN3O4S. The standard InChI is InChI=1S/C21H22ClN3O4S/c1-28-19-10-5-15(13-18(19)22)14-20-23-21(24-29-20)16-6-8-17(9-7-16)30(26,27)25-11-3-2-4-12-25/h5-10,13H,2-4,11-12,14H2,1H3. The highest BCUT2D eigenvalue weighted by atomic mass is 35.5. The molecule has 9 heteroatoms. The molecule has 0 saturated carbocycles. The van der Waals surface area contributed by atoms with Crippen molar-refractivity contribution in [3.05, 3.63) is 58.9 Å². The van der Waals surface area contributed by atoms with Crippen molar-refractivity contribution >= 4 is 21.6 Å². The van der Waals surface area contributed by atoms with E-state index in [1.807, 2.05) is 6.07 Å². The first kappa shape index (κ1) is 20.8. The first-order valence-electron chi connectivity index (χ1n) is 9.73. The molecule has 0 N–H and O–H groups in total. The minimum absolute atomic E-state index is 0.282. The molecule has 0 amide bonds. The zero-order valence-electron chi connectivity index (χ0n) is 16.5. The lowest BCUT2D eigenvalue weighted by Crippen LogP contribution is -2.35. The van der Waals surface area contributed by atoms with Gasteiger partial charge in [-0.3, -0.25) is 0 Å². The summed E-state index contributed by atoms with van der Waals surface area (Å²) in [4.78, 5) is 4.70. The SMILES string of the molecule is COc1ccc(Cc2nc(-c3ccc(S(=O)(=O)N4CCCCC4)cc3)no2)cc1Cl. The molecule has 0 bridgehead atoms. The molecule has 0 unspecified atom stereocenters. The van der Waals surface area contributed by atoms with Crippen molar-refractivity contribution in [2.75, 3.05) is 20.2 Å². The second-order valence-electron chi connectivity index (χ2n) is 7.15. The highest BCUT2D eigenvalue weighted by Gasteiger charge is 2.25. The molecular weight excluding hydrogens is 426 g/mol. The van der Waals surface area contributed by atoms with Gasteiger partial charge in [0.2, 0.25) is 21.7 Å². The van der Waals surface area contributed by atoms with Crippen molar-refractivity contribution in [1.82, 2.24) is 14.4 Å². The van der Waals surface area contributed by atoms with Crippen molar-refractivity contribution in [2.45, 2.75) is 30.6 Å². The Morgan fingerprint density at radius 2 is 1.83 bits per heavy atom. The molecule has 0 aliphatic carbocycles. The summed E-state index contributed by atoms with van der Waals surface area (Å²) in [6.07, 6.45) is 3.32. The number of nitrogens with zero attached hydrogens (tertiary/aromatic N) is 3. The van der Waals surface area contributed by atoms with Crippen LogP contribution < -0.4 is 4.74 Å². The monoisotopic (exact) mass is 447 g/mol. The van der Waals surface area contributed by atoms with Crippen molar-refractivity contribution in [3.63, 3.8) is 0 Å². The Kier molecular flexibility index (Phi) is 6.08. The lowest BCUT2D eigenvalue weighted by atomic mass is 10.1. The summed E-state index contributed by atoms with van der Waals surface area (Å²) in [6, 6.07) is 12.1. The molecule has 1 aliphatic rings. The van der Waals surface area contributed by atoms with Crippen LogP contribution in [0.4, 0.5) is 0 Å². The van der Waals surface area contributed by atoms with Gasteiger partial charge in [-0.2, -0.15) is 9.29 Å². The quantitative estimate of drug-likeness (QED) is 0.563. The van der Waals surface area contributed by atoms with Crippen LogP contribution >= 0.6 is 11.6 Å². The van der Waals surface area contributed by atoms with E-state index < -0.39 is 10.0 Å². The predicted molar refractivity (Wildman–Crippen MR) is 113 cm³/mol. The number of piperidine rings is 1. The van der Waals surface area contributed by atoms with Crippen LogP contribution in [0.2, 0.25) is 5.02 Å². The third kappa shape index (κ3) is 4.35. The molecule has 1 aliphatic heterocycles. The minimum atomic E-state index is -3.46. The summed E-state index contributed by atoms with van der Waals surface area (Å²) in [5.74, 6) is 1.45. The average molecular weight is 448 g/mol. The Balaban J connectivity index is 1.49. The van der Waals surface area contributed by atoms with Crippen molar-refractivity contribution in [1.29, 1.82) is 0 Å². The van der Waals surface area contributed by atoms with Crippen molar-refractivity contribution in [3.8, 4) is 17.1 Å². The van der Waals surface area contributed by atoms with Gasteiger partial charge in [0.05, 0.1) is 23.4 Å². The van der Waals surface area contributed by atoms with Gasteiger partial charge in [-0.1, -0.05) is 29.2 Å². The molecule has 1 aromatic heterocycles. The number of hydrogen-bond donors (Lipinski definition) is 0. The van der Waals surface area contributed by atoms with Crippen LogP contribution in [0.15, 0.2) is 51.9 Å². The van der Waals surface area contributed by atoms with E-state index in [-0.39, 0.29) is 4.90 Å². The van der Waals surface area contributed by atoms with Crippen LogP contribution in [0, 0.1) is 0 Å². The van der Waals surface area contributed by atoms with Crippen LogP contribution in [0.5, 0.6) is 5.75 Å². The molecule has 1 fully saturated rings. The Morgan fingerprint density at radius 3 is 2.50 bits per heavy atom. The highest BCUT2D eigenvalue weighted by molar-refractivity contribution is 7.89. The molecule has 0 radical (unpaired) electrons. The minimum Gasteiger partial charge on any atom is -0.495 e. The molecule has 1 saturated heterocycles. The van der Waals surface area contributed by atoms with E-state index in [0.717, 1.165) is 24.8 Å². The summed E-state index contributed by atoms with van der Waals surface area (Å²) in [6.45, 7) is 1.15. The molecule has 7 nitrogen and oxygen atoms in total. The fourth-order valence-electron chi connectivity index (χ4n) is 3.47. The number of rotatable bonds is 6. The van der Waals surface area contributed by atoms with E-state index in [0.29, 0.717) is 47.6 Å². The number of benzene rings is 2. The first-order valence-corrected chi connectivity index (χ1v) is 11.5. The van der Waals surface area contributed by atoms with Crippen molar-refractivity contribution < 1.29 is 17.7 Å². The molecule has 2 heterocycles. The molecule has 158 valence electrons. The van der Waals surface area contributed by atoms with E-state index in [2.05, 4.69) is 10.1 Å². The largest absolute Gasteiger partial charge is 0.495 e. The van der Waals surface area contributed by atoms with Crippen LogP contribution in [-0.4, -0.2) is 43.1 Å². The smallest absolute Gasteiger partial charge is 0.243 e. The van der Waals surface area contributed by atoms with Crippen LogP contribution in [0.3, 0.4) is 0 Å². The fraction of sp³-hybridized carbons (Fsp3) is 0.333. The van der Waals surface area contributed by atoms with Crippen LogP contribution in [-0.2, 0) is 16.4 Å². The normalized spacial score (nSPS) is 15.3. The Labute approximate surface area is 180 Å². The first-order chi connectivity index (χ1) is 14.5. The van der Waals surface area contributed by atoms with Crippen LogP contribution in [0.1, 0.15) is 30.7 Å². The zero-order chi connectivity index (χ0) is 21.1. The van der Waals surface area contributed by atoms with Gasteiger partial charge < -0.3 is 9.26 Å². The summed E-state index contributed by atoms with van der Waals surface area (Å²) in [5, 5.41) is 4.53. The van der Waals surface area contributed by atoms with E-state index in [9.17, 15) is 8.42 Å². The van der Waals surface area contributed by atoms with Crippen molar-refractivity contribution in [2.24, 2.45) is 0 Å². The predicted octanol–water partition coefficient (Wildman–Crippen LogP) is 4.16. The Bertz CT molecular complexity index is 1120. The molecule has 0 spiro atoms. The average Bonchev–Trinajstić information content (AvgIpc) is 3.23. The lowest BCUT2D eigenvalue weighted by Gasteiger charge is -2.25. The number of aromatic nitrogens is 2. The van der Waals surface area contributed by atoms with Gasteiger partial charge in [-0.25, -0.2) is 8.42 Å². The van der Waals surface area contributed by atoms with Crippen LogP contribution in [0.25, 0.3) is 11.4 Å². The summed E-state index contributed by atoms with van der Waals surface area (Å²) < 4.78 is 37.6. The van der Waals surface area contributed by atoms with Gasteiger partial charge in [0, 0.05) is 18.7 Å². The molecule has 30 heavy (non-hydrogen) atoms. The van der Waals surface area contributed by atoms with E-state index in [1.165, 1.54) is 0 Å². The molecule has 0 atom stereocenters. The van der Waals surface area contributed by atoms with Gasteiger partial charge in [0.15, 0.2) is 0 Å².